The number of sulfone groups is 1. The SMILES string of the molecule is CN=C(NCCc1ccc(OC)cc1)NCCS(=O)(=O)c1ccccc1.I. The van der Waals surface area contributed by atoms with Crippen molar-refractivity contribution in [2.45, 2.75) is 11.3 Å². The predicted octanol–water partition coefficient (Wildman–Crippen LogP) is 2.49. The highest BCUT2D eigenvalue weighted by atomic mass is 127. The zero-order valence-corrected chi connectivity index (χ0v) is 18.7. The van der Waals surface area contributed by atoms with E-state index in [2.05, 4.69) is 15.6 Å². The molecule has 0 spiro atoms. The van der Waals surface area contributed by atoms with Crippen molar-refractivity contribution in [3.8, 4) is 5.75 Å². The molecule has 8 heteroatoms. The maximum atomic E-state index is 12.2. The molecule has 0 bridgehead atoms. The lowest BCUT2D eigenvalue weighted by molar-refractivity contribution is 0.414. The van der Waals surface area contributed by atoms with E-state index in [4.69, 9.17) is 4.74 Å². The average Bonchev–Trinajstić information content (AvgIpc) is 2.68. The highest BCUT2D eigenvalue weighted by Gasteiger charge is 2.13. The molecule has 2 aromatic rings. The van der Waals surface area contributed by atoms with Gasteiger partial charge in [0.1, 0.15) is 5.75 Å². The normalized spacial score (nSPS) is 11.4. The van der Waals surface area contributed by atoms with Crippen LogP contribution in [-0.4, -0.2) is 47.4 Å². The minimum atomic E-state index is -3.29. The number of guanidine groups is 1. The Hall–Kier alpha value is -1.81. The summed E-state index contributed by atoms with van der Waals surface area (Å²) in [4.78, 5) is 4.46. The minimum absolute atomic E-state index is 0. The summed E-state index contributed by atoms with van der Waals surface area (Å²) in [5, 5.41) is 6.22. The first-order valence-electron chi connectivity index (χ1n) is 8.40. The second-order valence-corrected chi connectivity index (χ2v) is 7.76. The standard InChI is InChI=1S/C19H25N3O3S.HI/c1-20-19(21-13-12-16-8-10-17(25-2)11-9-16)22-14-15-26(23,24)18-6-4-3-5-7-18;/h3-11H,12-15H2,1-2H3,(H2,20,21,22);1H. The molecule has 0 aliphatic heterocycles. The van der Waals surface area contributed by atoms with Gasteiger partial charge >= 0.3 is 0 Å². The fourth-order valence-electron chi connectivity index (χ4n) is 2.39. The molecule has 148 valence electrons. The monoisotopic (exact) mass is 503 g/mol. The molecule has 27 heavy (non-hydrogen) atoms. The van der Waals surface area contributed by atoms with Crippen molar-refractivity contribution < 1.29 is 13.2 Å². The molecular weight excluding hydrogens is 477 g/mol. The Morgan fingerprint density at radius 2 is 1.63 bits per heavy atom. The van der Waals surface area contributed by atoms with Crippen LogP contribution >= 0.6 is 24.0 Å². The quantitative estimate of drug-likeness (QED) is 0.329. The van der Waals surface area contributed by atoms with Crippen molar-refractivity contribution >= 4 is 39.8 Å². The summed E-state index contributed by atoms with van der Waals surface area (Å²) in [5.74, 6) is 1.43. The fraction of sp³-hybridized carbons (Fsp3) is 0.316. The van der Waals surface area contributed by atoms with Gasteiger partial charge in [-0.2, -0.15) is 0 Å². The zero-order chi connectivity index (χ0) is 18.8. The Kier molecular flexibility index (Phi) is 10.2. The molecule has 0 fully saturated rings. The highest BCUT2D eigenvalue weighted by molar-refractivity contribution is 14.0. The first-order chi connectivity index (χ1) is 12.5. The van der Waals surface area contributed by atoms with E-state index in [1.54, 1.807) is 44.5 Å². The predicted molar refractivity (Wildman–Crippen MR) is 120 cm³/mol. The lowest BCUT2D eigenvalue weighted by Gasteiger charge is -2.12. The van der Waals surface area contributed by atoms with E-state index >= 15 is 0 Å². The summed E-state index contributed by atoms with van der Waals surface area (Å²) in [6, 6.07) is 16.3. The Labute approximate surface area is 178 Å². The first-order valence-corrected chi connectivity index (χ1v) is 10.1. The third-order valence-electron chi connectivity index (χ3n) is 3.85. The van der Waals surface area contributed by atoms with Gasteiger partial charge in [-0.1, -0.05) is 30.3 Å². The minimum Gasteiger partial charge on any atom is -0.497 e. The van der Waals surface area contributed by atoms with Crippen molar-refractivity contribution in [3.63, 3.8) is 0 Å². The van der Waals surface area contributed by atoms with Crippen LogP contribution in [-0.2, 0) is 16.3 Å². The van der Waals surface area contributed by atoms with Gasteiger partial charge in [0.2, 0.25) is 0 Å². The van der Waals surface area contributed by atoms with Crippen molar-refractivity contribution in [3.05, 3.63) is 60.2 Å². The Morgan fingerprint density at radius 3 is 2.22 bits per heavy atom. The Morgan fingerprint density at radius 1 is 1.00 bits per heavy atom. The number of methoxy groups -OCH3 is 1. The van der Waals surface area contributed by atoms with Gasteiger partial charge in [-0.25, -0.2) is 8.42 Å². The van der Waals surface area contributed by atoms with E-state index in [0.29, 0.717) is 23.9 Å². The molecule has 2 aromatic carbocycles. The maximum Gasteiger partial charge on any atom is 0.191 e. The first kappa shape index (κ1) is 23.2. The van der Waals surface area contributed by atoms with Crippen LogP contribution in [0.2, 0.25) is 0 Å². The number of benzene rings is 2. The van der Waals surface area contributed by atoms with Crippen LogP contribution in [0.15, 0.2) is 64.5 Å². The molecule has 2 N–H and O–H groups in total. The van der Waals surface area contributed by atoms with Gasteiger partial charge in [-0.3, -0.25) is 4.99 Å². The molecule has 2 rings (SSSR count). The van der Waals surface area contributed by atoms with Crippen molar-refractivity contribution in [2.24, 2.45) is 4.99 Å². The second kappa shape index (κ2) is 11.8. The van der Waals surface area contributed by atoms with Gasteiger partial charge in [0, 0.05) is 20.1 Å². The van der Waals surface area contributed by atoms with Crippen LogP contribution in [0.3, 0.4) is 0 Å². The van der Waals surface area contributed by atoms with Gasteiger partial charge in [0.05, 0.1) is 17.8 Å². The number of rotatable bonds is 8. The largest absolute Gasteiger partial charge is 0.497 e. The zero-order valence-electron chi connectivity index (χ0n) is 15.5. The van der Waals surface area contributed by atoms with Crippen molar-refractivity contribution in [2.75, 3.05) is 33.0 Å². The number of hydrogen-bond acceptors (Lipinski definition) is 4. The van der Waals surface area contributed by atoms with E-state index in [9.17, 15) is 8.42 Å². The fourth-order valence-corrected chi connectivity index (χ4v) is 3.57. The second-order valence-electron chi connectivity index (χ2n) is 5.66. The third-order valence-corrected chi connectivity index (χ3v) is 5.59. The number of hydrogen-bond donors (Lipinski definition) is 2. The van der Waals surface area contributed by atoms with Gasteiger partial charge in [0.15, 0.2) is 15.8 Å². The third kappa shape index (κ3) is 7.76. The summed E-state index contributed by atoms with van der Waals surface area (Å²) in [6.45, 7) is 0.983. The highest BCUT2D eigenvalue weighted by Crippen LogP contribution is 2.11. The number of halogens is 1. The van der Waals surface area contributed by atoms with E-state index in [1.165, 1.54) is 5.56 Å². The lowest BCUT2D eigenvalue weighted by Crippen LogP contribution is -2.40. The Balaban J connectivity index is 0.00000364. The molecule has 0 saturated heterocycles. The molecule has 0 aliphatic rings. The summed E-state index contributed by atoms with van der Waals surface area (Å²) in [7, 11) is 0.0128. The molecule has 0 radical (unpaired) electrons. The van der Waals surface area contributed by atoms with Crippen LogP contribution in [0.25, 0.3) is 0 Å². The summed E-state index contributed by atoms with van der Waals surface area (Å²) < 4.78 is 29.6. The molecule has 6 nitrogen and oxygen atoms in total. The van der Waals surface area contributed by atoms with Gasteiger partial charge < -0.3 is 15.4 Å². The van der Waals surface area contributed by atoms with Crippen LogP contribution in [0.4, 0.5) is 0 Å². The van der Waals surface area contributed by atoms with Crippen molar-refractivity contribution in [1.82, 2.24) is 10.6 Å². The molecule has 0 aliphatic carbocycles. The summed E-state index contributed by atoms with van der Waals surface area (Å²) >= 11 is 0. The number of aliphatic imine (C=N–C) groups is 1. The summed E-state index contributed by atoms with van der Waals surface area (Å²) in [6.07, 6.45) is 0.826. The molecule has 0 aromatic heterocycles. The van der Waals surface area contributed by atoms with Crippen LogP contribution in [0.1, 0.15) is 5.56 Å². The number of nitrogens with one attached hydrogen (secondary N) is 2. The van der Waals surface area contributed by atoms with Gasteiger partial charge in [-0.05, 0) is 36.2 Å². The maximum absolute atomic E-state index is 12.2. The lowest BCUT2D eigenvalue weighted by atomic mass is 10.1. The van der Waals surface area contributed by atoms with E-state index < -0.39 is 9.84 Å². The molecule has 0 atom stereocenters. The van der Waals surface area contributed by atoms with Crippen molar-refractivity contribution in [1.29, 1.82) is 0 Å². The Bertz CT molecular complexity index is 810. The van der Waals surface area contributed by atoms with Crippen LogP contribution < -0.4 is 15.4 Å². The average molecular weight is 503 g/mol. The smallest absolute Gasteiger partial charge is 0.191 e. The van der Waals surface area contributed by atoms with E-state index in [0.717, 1.165) is 12.2 Å². The van der Waals surface area contributed by atoms with Crippen LogP contribution in [0, 0.1) is 0 Å². The van der Waals surface area contributed by atoms with E-state index in [1.807, 2.05) is 24.3 Å². The van der Waals surface area contributed by atoms with Crippen LogP contribution in [0.5, 0.6) is 5.75 Å². The molecule has 0 saturated carbocycles. The molecular formula is C19H26IN3O3S. The van der Waals surface area contributed by atoms with E-state index in [-0.39, 0.29) is 29.7 Å². The van der Waals surface area contributed by atoms with Gasteiger partial charge in [-0.15, -0.1) is 24.0 Å². The molecule has 0 heterocycles. The molecule has 0 unspecified atom stereocenters. The molecule has 0 amide bonds. The topological polar surface area (TPSA) is 79.8 Å². The summed E-state index contributed by atoms with van der Waals surface area (Å²) in [5.41, 5.74) is 1.18. The number of ether oxygens (including phenoxy) is 1. The number of nitrogens with zero attached hydrogens (tertiary/aromatic N) is 1. The van der Waals surface area contributed by atoms with Gasteiger partial charge in [0.25, 0.3) is 0 Å².